The molecule has 1 saturated carbocycles. The van der Waals surface area contributed by atoms with Gasteiger partial charge in [-0.15, -0.1) is 5.10 Å². The van der Waals surface area contributed by atoms with Gasteiger partial charge in [0.05, 0.1) is 11.9 Å². The van der Waals surface area contributed by atoms with Crippen molar-refractivity contribution >= 4 is 21.4 Å². The van der Waals surface area contributed by atoms with Crippen LogP contribution in [0.3, 0.4) is 0 Å². The van der Waals surface area contributed by atoms with Crippen LogP contribution in [0.4, 0.5) is 5.13 Å². The average molecular weight is 366 g/mol. The first-order chi connectivity index (χ1) is 12.7. The molecule has 1 aliphatic heterocycles. The summed E-state index contributed by atoms with van der Waals surface area (Å²) in [5.74, 6) is 0.688. The van der Waals surface area contributed by atoms with Crippen LogP contribution in [0.1, 0.15) is 54.5 Å². The molecule has 1 spiro atoms. The normalized spacial score (nSPS) is 24.5. The fraction of sp³-hybridized carbons (Fsp3) is 0.500. The summed E-state index contributed by atoms with van der Waals surface area (Å²) in [6, 6.07) is 8.91. The van der Waals surface area contributed by atoms with Gasteiger partial charge >= 0.3 is 0 Å². The minimum absolute atomic E-state index is 0.176. The molecule has 1 aromatic carbocycles. The molecule has 3 heterocycles. The van der Waals surface area contributed by atoms with E-state index in [0.29, 0.717) is 5.92 Å². The Morgan fingerprint density at radius 3 is 2.69 bits per heavy atom. The lowest BCUT2D eigenvalue weighted by atomic mass is 9.73. The molecule has 1 saturated heterocycles. The Bertz CT molecular complexity index is 946. The number of nitrogens with zero attached hydrogens (tertiary/aromatic N) is 4. The molecule has 6 heteroatoms. The van der Waals surface area contributed by atoms with E-state index in [1.165, 1.54) is 29.7 Å². The molecule has 3 aliphatic rings. The second-order valence-electron chi connectivity index (χ2n) is 8.25. The Kier molecular flexibility index (Phi) is 3.09. The molecule has 1 unspecified atom stereocenters. The Hall–Kier alpha value is -1.92. The third-order valence-corrected chi connectivity index (χ3v) is 7.65. The lowest BCUT2D eigenvalue weighted by Gasteiger charge is -2.42. The fourth-order valence-corrected chi connectivity index (χ4v) is 5.80. The maximum Gasteiger partial charge on any atom is 0.214 e. The van der Waals surface area contributed by atoms with Crippen LogP contribution >= 0.6 is 11.3 Å². The van der Waals surface area contributed by atoms with Gasteiger partial charge in [-0.2, -0.15) is 0 Å². The van der Waals surface area contributed by atoms with Crippen molar-refractivity contribution in [1.82, 2.24) is 14.6 Å². The third-order valence-electron chi connectivity index (χ3n) is 6.67. The maximum absolute atomic E-state index is 6.69. The molecule has 0 bridgehead atoms. The monoisotopic (exact) mass is 365 g/mol. The summed E-state index contributed by atoms with van der Waals surface area (Å²) in [6.07, 6.45) is 8.10. The number of nitrogens with two attached hydrogens (primary N) is 1. The molecule has 2 aromatic heterocycles. The minimum Gasteiger partial charge on any atom is -0.347 e. The van der Waals surface area contributed by atoms with Gasteiger partial charge in [-0.25, -0.2) is 9.50 Å². The number of anilines is 1. The number of aromatic nitrogens is 3. The van der Waals surface area contributed by atoms with Crippen LogP contribution in [0, 0.1) is 5.41 Å². The van der Waals surface area contributed by atoms with Crippen molar-refractivity contribution in [3.8, 4) is 0 Å². The van der Waals surface area contributed by atoms with Crippen molar-refractivity contribution in [3.05, 3.63) is 47.3 Å². The number of hydrogen-bond donors (Lipinski definition) is 1. The highest BCUT2D eigenvalue weighted by Gasteiger charge is 2.46. The van der Waals surface area contributed by atoms with Gasteiger partial charge in [0.15, 0.2) is 0 Å². The van der Waals surface area contributed by atoms with Crippen molar-refractivity contribution in [2.24, 2.45) is 11.1 Å². The van der Waals surface area contributed by atoms with E-state index >= 15 is 0 Å². The lowest BCUT2D eigenvalue weighted by Crippen LogP contribution is -2.44. The molecule has 2 N–H and O–H groups in total. The summed E-state index contributed by atoms with van der Waals surface area (Å²) in [4.78, 5) is 8.23. The van der Waals surface area contributed by atoms with Crippen molar-refractivity contribution in [1.29, 1.82) is 0 Å². The highest BCUT2D eigenvalue weighted by atomic mass is 32.1. The van der Waals surface area contributed by atoms with E-state index in [-0.39, 0.29) is 11.5 Å². The first kappa shape index (κ1) is 15.2. The summed E-state index contributed by atoms with van der Waals surface area (Å²) in [5.41, 5.74) is 11.0. The summed E-state index contributed by atoms with van der Waals surface area (Å²) >= 11 is 1.72. The van der Waals surface area contributed by atoms with Crippen LogP contribution in [0.5, 0.6) is 0 Å². The van der Waals surface area contributed by atoms with Gasteiger partial charge in [-0.1, -0.05) is 35.6 Å². The first-order valence-electron chi connectivity index (χ1n) is 9.66. The Morgan fingerprint density at radius 2 is 1.96 bits per heavy atom. The number of hydrogen-bond acceptors (Lipinski definition) is 5. The second kappa shape index (κ2) is 5.30. The van der Waals surface area contributed by atoms with Crippen LogP contribution in [-0.4, -0.2) is 27.7 Å². The van der Waals surface area contributed by atoms with E-state index in [4.69, 9.17) is 15.8 Å². The van der Waals surface area contributed by atoms with Crippen molar-refractivity contribution in [2.45, 2.75) is 44.1 Å². The first-order valence-corrected chi connectivity index (χ1v) is 10.5. The topological polar surface area (TPSA) is 59.5 Å². The fourth-order valence-electron chi connectivity index (χ4n) is 4.86. The Labute approximate surface area is 156 Å². The third kappa shape index (κ3) is 2.18. The van der Waals surface area contributed by atoms with E-state index < -0.39 is 0 Å². The van der Waals surface area contributed by atoms with Crippen LogP contribution < -0.4 is 10.6 Å². The zero-order valence-electron chi connectivity index (χ0n) is 14.8. The van der Waals surface area contributed by atoms with E-state index in [9.17, 15) is 0 Å². The molecular formula is C20H23N5S. The van der Waals surface area contributed by atoms with Crippen LogP contribution in [-0.2, 0) is 6.42 Å². The summed E-state index contributed by atoms with van der Waals surface area (Å²) < 4.78 is 1.98. The Balaban J connectivity index is 1.21. The van der Waals surface area contributed by atoms with E-state index in [0.717, 1.165) is 42.4 Å². The van der Waals surface area contributed by atoms with Gasteiger partial charge in [-0.05, 0) is 48.6 Å². The van der Waals surface area contributed by atoms with Gasteiger partial charge in [0, 0.05) is 25.0 Å². The molecular weight excluding hydrogens is 342 g/mol. The number of rotatable bonds is 2. The average Bonchev–Trinajstić information content (AvgIpc) is 3.24. The van der Waals surface area contributed by atoms with E-state index in [1.54, 1.807) is 11.3 Å². The maximum atomic E-state index is 6.69. The van der Waals surface area contributed by atoms with Crippen LogP contribution in [0.25, 0.3) is 4.96 Å². The second-order valence-corrected chi connectivity index (χ2v) is 9.19. The van der Waals surface area contributed by atoms with Gasteiger partial charge in [-0.3, -0.25) is 0 Å². The zero-order chi connectivity index (χ0) is 17.3. The van der Waals surface area contributed by atoms with Crippen LogP contribution in [0.2, 0.25) is 0 Å². The largest absolute Gasteiger partial charge is 0.347 e. The summed E-state index contributed by atoms with van der Waals surface area (Å²) in [5, 5.41) is 5.91. The quantitative estimate of drug-likeness (QED) is 0.755. The minimum atomic E-state index is 0.176. The predicted octanol–water partition coefficient (Wildman–Crippen LogP) is 3.51. The van der Waals surface area contributed by atoms with Crippen LogP contribution in [0.15, 0.2) is 30.5 Å². The summed E-state index contributed by atoms with van der Waals surface area (Å²) in [7, 11) is 0. The molecule has 2 aliphatic carbocycles. The van der Waals surface area contributed by atoms with Gasteiger partial charge in [0.1, 0.15) is 0 Å². The molecule has 6 rings (SSSR count). The number of imidazole rings is 1. The molecule has 3 aromatic rings. The van der Waals surface area contributed by atoms with Crippen molar-refractivity contribution in [2.75, 3.05) is 18.0 Å². The Morgan fingerprint density at radius 1 is 1.15 bits per heavy atom. The molecule has 134 valence electrons. The number of piperidine rings is 1. The molecule has 1 atom stereocenters. The molecule has 5 nitrogen and oxygen atoms in total. The lowest BCUT2D eigenvalue weighted by molar-refractivity contribution is 0.187. The molecule has 0 amide bonds. The smallest absolute Gasteiger partial charge is 0.214 e. The molecule has 26 heavy (non-hydrogen) atoms. The van der Waals surface area contributed by atoms with E-state index in [1.807, 2.05) is 4.52 Å². The van der Waals surface area contributed by atoms with Gasteiger partial charge in [0.2, 0.25) is 10.1 Å². The van der Waals surface area contributed by atoms with E-state index in [2.05, 4.69) is 35.4 Å². The number of benzene rings is 1. The molecule has 0 radical (unpaired) electrons. The SMILES string of the molecule is NC1c2ccccc2CC12CCN(c1nn3cc(C4CC4)nc3s1)CC2. The number of fused-ring (bicyclic) bond motifs is 2. The van der Waals surface area contributed by atoms with Gasteiger partial charge < -0.3 is 10.6 Å². The van der Waals surface area contributed by atoms with Crippen molar-refractivity contribution in [3.63, 3.8) is 0 Å². The van der Waals surface area contributed by atoms with Gasteiger partial charge in [0.25, 0.3) is 0 Å². The zero-order valence-corrected chi connectivity index (χ0v) is 15.6. The highest BCUT2D eigenvalue weighted by Crippen LogP contribution is 2.51. The predicted molar refractivity (Wildman–Crippen MR) is 104 cm³/mol. The summed E-state index contributed by atoms with van der Waals surface area (Å²) in [6.45, 7) is 2.07. The highest BCUT2D eigenvalue weighted by molar-refractivity contribution is 7.20. The van der Waals surface area contributed by atoms with Crippen molar-refractivity contribution < 1.29 is 0 Å². The molecule has 2 fully saturated rings. The standard InChI is InChI=1S/C20H23N5S/c21-17-15-4-2-1-3-14(15)11-20(17)7-9-24(10-8-20)19-23-25-12-16(13-5-6-13)22-18(25)26-19/h1-4,12-13,17H,5-11,21H2.